The zero-order valence-electron chi connectivity index (χ0n) is 21.7. The fraction of sp³-hybridized carbons (Fsp3) is 0.429. The molecular weight excluding hydrogens is 481 g/mol. The van der Waals surface area contributed by atoms with Crippen LogP contribution in [0.5, 0.6) is 11.5 Å². The molecule has 0 radical (unpaired) electrons. The molecular formula is C28H33F3N4O2. The maximum atomic E-state index is 14.9. The molecule has 2 aromatic carbocycles. The van der Waals surface area contributed by atoms with Crippen molar-refractivity contribution in [3.63, 3.8) is 0 Å². The lowest BCUT2D eigenvalue weighted by Crippen LogP contribution is -2.38. The van der Waals surface area contributed by atoms with Crippen molar-refractivity contribution in [2.24, 2.45) is 0 Å². The number of nitrogens with zero attached hydrogens (tertiary/aromatic N) is 4. The van der Waals surface area contributed by atoms with Gasteiger partial charge in [-0.2, -0.15) is 0 Å². The Morgan fingerprint density at radius 1 is 1.05 bits per heavy atom. The Morgan fingerprint density at radius 2 is 1.84 bits per heavy atom. The summed E-state index contributed by atoms with van der Waals surface area (Å²) in [6, 6.07) is 7.71. The highest BCUT2D eigenvalue weighted by Crippen LogP contribution is 2.39. The molecule has 6 nitrogen and oxygen atoms in total. The number of ether oxygens (including phenoxy) is 2. The molecule has 0 unspecified atom stereocenters. The Kier molecular flexibility index (Phi) is 8.53. The van der Waals surface area contributed by atoms with Crippen LogP contribution in [0.15, 0.2) is 36.5 Å². The monoisotopic (exact) mass is 514 g/mol. The van der Waals surface area contributed by atoms with Gasteiger partial charge in [0.05, 0.1) is 18.4 Å². The predicted octanol–water partition coefficient (Wildman–Crippen LogP) is 5.48. The second-order valence-electron chi connectivity index (χ2n) is 9.24. The molecule has 0 atom stereocenters. The van der Waals surface area contributed by atoms with Gasteiger partial charge in [0.25, 0.3) is 0 Å². The van der Waals surface area contributed by atoms with E-state index in [1.54, 1.807) is 18.2 Å². The smallest absolute Gasteiger partial charge is 0.178 e. The fourth-order valence-electron chi connectivity index (χ4n) is 4.44. The van der Waals surface area contributed by atoms with Gasteiger partial charge in [-0.15, -0.1) is 0 Å². The van der Waals surface area contributed by atoms with Crippen molar-refractivity contribution in [3.05, 3.63) is 65.4 Å². The van der Waals surface area contributed by atoms with Gasteiger partial charge in [-0.05, 0) is 56.8 Å². The Morgan fingerprint density at radius 3 is 2.54 bits per heavy atom. The molecule has 9 heteroatoms. The van der Waals surface area contributed by atoms with Gasteiger partial charge in [0, 0.05) is 24.6 Å². The van der Waals surface area contributed by atoms with Crippen molar-refractivity contribution in [3.8, 4) is 22.8 Å². The molecule has 0 bridgehead atoms. The maximum absolute atomic E-state index is 14.9. The van der Waals surface area contributed by atoms with E-state index in [9.17, 15) is 13.2 Å². The number of benzene rings is 2. The summed E-state index contributed by atoms with van der Waals surface area (Å²) in [6.45, 7) is 12.0. The highest BCUT2D eigenvalue weighted by Gasteiger charge is 2.25. The van der Waals surface area contributed by atoms with Crippen LogP contribution in [-0.2, 0) is 6.42 Å². The first-order chi connectivity index (χ1) is 17.8. The summed E-state index contributed by atoms with van der Waals surface area (Å²) in [5.41, 5.74) is 1.45. The number of fused-ring (bicyclic) bond motifs is 1. The Balaban J connectivity index is 1.54. The average Bonchev–Trinajstić information content (AvgIpc) is 2.88. The first-order valence-corrected chi connectivity index (χ1v) is 12.7. The van der Waals surface area contributed by atoms with Crippen LogP contribution in [0.25, 0.3) is 11.3 Å². The van der Waals surface area contributed by atoms with E-state index in [-0.39, 0.29) is 35.2 Å². The van der Waals surface area contributed by atoms with Crippen LogP contribution >= 0.6 is 0 Å². The zero-order chi connectivity index (χ0) is 26.5. The summed E-state index contributed by atoms with van der Waals surface area (Å²) in [7, 11) is 0. The third-order valence-corrected chi connectivity index (χ3v) is 6.52. The minimum Gasteiger partial charge on any atom is -0.489 e. The minimum absolute atomic E-state index is 0.0159. The van der Waals surface area contributed by atoms with E-state index in [2.05, 4.69) is 28.7 Å². The molecule has 0 aliphatic carbocycles. The Bertz CT molecular complexity index is 1230. The average molecular weight is 515 g/mol. The molecule has 0 spiro atoms. The van der Waals surface area contributed by atoms with Crippen molar-refractivity contribution in [1.82, 2.24) is 14.9 Å². The standard InChI is InChI=1S/C28H33F3N4O2/c1-5-34(6-2)9-11-36-25-8-7-19(13-21(25)29)14-26-32-17-23(31)27(33-26)20-15-22(30)28-24(16-20)35(18(3)4)10-12-37-28/h7-8,13,15-18H,5-6,9-12,14H2,1-4H3. The maximum Gasteiger partial charge on any atom is 0.178 e. The zero-order valence-corrected chi connectivity index (χ0v) is 21.7. The minimum atomic E-state index is -0.668. The largest absolute Gasteiger partial charge is 0.489 e. The van der Waals surface area contributed by atoms with Crippen molar-refractivity contribution >= 4 is 5.69 Å². The van der Waals surface area contributed by atoms with E-state index < -0.39 is 17.5 Å². The van der Waals surface area contributed by atoms with Gasteiger partial charge < -0.3 is 19.3 Å². The Labute approximate surface area is 216 Å². The van der Waals surface area contributed by atoms with Gasteiger partial charge in [-0.1, -0.05) is 19.9 Å². The molecule has 0 amide bonds. The summed E-state index contributed by atoms with van der Waals surface area (Å²) in [4.78, 5) is 12.7. The Hall–Kier alpha value is -3.33. The van der Waals surface area contributed by atoms with Crippen LogP contribution in [0.4, 0.5) is 18.9 Å². The third kappa shape index (κ3) is 6.15. The van der Waals surface area contributed by atoms with Crippen LogP contribution in [0, 0.1) is 17.5 Å². The molecule has 3 aromatic rings. The lowest BCUT2D eigenvalue weighted by Gasteiger charge is -2.34. The molecule has 2 heterocycles. The molecule has 1 aliphatic heterocycles. The first kappa shape index (κ1) is 26.7. The highest BCUT2D eigenvalue weighted by molar-refractivity contribution is 5.72. The molecule has 0 saturated carbocycles. The molecule has 1 aliphatic rings. The van der Waals surface area contributed by atoms with Gasteiger partial charge >= 0.3 is 0 Å². The SMILES string of the molecule is CCN(CC)CCOc1ccc(Cc2ncc(F)c(-c3cc(F)c4c(c3)N(C(C)C)CCO4)n2)cc1F. The number of likely N-dealkylation sites (N-methyl/N-ethyl adjacent to an activating group) is 1. The lowest BCUT2D eigenvalue weighted by atomic mass is 10.1. The van der Waals surface area contributed by atoms with Crippen LogP contribution in [0.3, 0.4) is 0 Å². The number of rotatable bonds is 10. The highest BCUT2D eigenvalue weighted by atomic mass is 19.1. The van der Waals surface area contributed by atoms with Crippen LogP contribution in [0.2, 0.25) is 0 Å². The van der Waals surface area contributed by atoms with E-state index in [1.807, 2.05) is 18.7 Å². The number of anilines is 1. The van der Waals surface area contributed by atoms with Gasteiger partial charge in [0.1, 0.15) is 24.7 Å². The summed E-state index contributed by atoms with van der Waals surface area (Å²) in [5, 5.41) is 0. The van der Waals surface area contributed by atoms with E-state index >= 15 is 0 Å². The number of hydrogen-bond acceptors (Lipinski definition) is 6. The summed E-state index contributed by atoms with van der Waals surface area (Å²) < 4.78 is 55.5. The first-order valence-electron chi connectivity index (χ1n) is 12.7. The van der Waals surface area contributed by atoms with Crippen molar-refractivity contribution in [2.45, 2.75) is 40.2 Å². The van der Waals surface area contributed by atoms with Gasteiger partial charge in [0.15, 0.2) is 29.0 Å². The van der Waals surface area contributed by atoms with Crippen molar-refractivity contribution in [2.75, 3.05) is 44.3 Å². The normalized spacial score (nSPS) is 13.2. The van der Waals surface area contributed by atoms with Crippen molar-refractivity contribution in [1.29, 1.82) is 0 Å². The molecule has 198 valence electrons. The number of hydrogen-bond donors (Lipinski definition) is 0. The molecule has 0 saturated heterocycles. The van der Waals surface area contributed by atoms with E-state index in [4.69, 9.17) is 9.47 Å². The topological polar surface area (TPSA) is 50.7 Å². The van der Waals surface area contributed by atoms with Gasteiger partial charge in [-0.3, -0.25) is 0 Å². The van der Waals surface area contributed by atoms with E-state index in [0.29, 0.717) is 43.4 Å². The van der Waals surface area contributed by atoms with Gasteiger partial charge in [-0.25, -0.2) is 23.1 Å². The summed E-state index contributed by atoms with van der Waals surface area (Å²) in [6.07, 6.45) is 1.24. The predicted molar refractivity (Wildman–Crippen MR) is 138 cm³/mol. The van der Waals surface area contributed by atoms with Crippen molar-refractivity contribution < 1.29 is 22.6 Å². The summed E-state index contributed by atoms with van der Waals surface area (Å²) in [5.74, 6) is -1.09. The van der Waals surface area contributed by atoms with E-state index in [1.165, 1.54) is 12.1 Å². The summed E-state index contributed by atoms with van der Waals surface area (Å²) >= 11 is 0. The van der Waals surface area contributed by atoms with Crippen LogP contribution in [0.1, 0.15) is 39.1 Å². The molecule has 4 rings (SSSR count). The fourth-order valence-corrected chi connectivity index (χ4v) is 4.44. The molecule has 0 fully saturated rings. The quantitative estimate of drug-likeness (QED) is 0.357. The van der Waals surface area contributed by atoms with Gasteiger partial charge in [0.2, 0.25) is 0 Å². The third-order valence-electron chi connectivity index (χ3n) is 6.52. The molecule has 1 aromatic heterocycles. The molecule has 0 N–H and O–H groups in total. The van der Waals surface area contributed by atoms with E-state index in [0.717, 1.165) is 19.3 Å². The number of aromatic nitrogens is 2. The second-order valence-corrected chi connectivity index (χ2v) is 9.24. The molecule has 37 heavy (non-hydrogen) atoms. The second kappa shape index (κ2) is 11.8. The lowest BCUT2D eigenvalue weighted by molar-refractivity contribution is 0.217. The van der Waals surface area contributed by atoms with Crippen LogP contribution in [-0.4, -0.2) is 60.3 Å². The van der Waals surface area contributed by atoms with Crippen LogP contribution < -0.4 is 14.4 Å². The number of halogens is 3.